The minimum atomic E-state index is -3.59. The highest BCUT2D eigenvalue weighted by Gasteiger charge is 2.31. The van der Waals surface area contributed by atoms with Crippen LogP contribution in [0, 0.1) is 6.92 Å². The molecule has 2 amide bonds. The van der Waals surface area contributed by atoms with E-state index >= 15 is 0 Å². The summed E-state index contributed by atoms with van der Waals surface area (Å²) >= 11 is 13.0. The van der Waals surface area contributed by atoms with Gasteiger partial charge in [-0.25, -0.2) is 8.42 Å². The highest BCUT2D eigenvalue weighted by molar-refractivity contribution is 7.92. The molecule has 10 heteroatoms. The van der Waals surface area contributed by atoms with E-state index in [9.17, 15) is 18.0 Å². The fourth-order valence-electron chi connectivity index (χ4n) is 4.74. The minimum Gasteiger partial charge on any atom is -0.354 e. The van der Waals surface area contributed by atoms with Crippen molar-refractivity contribution < 1.29 is 18.0 Å². The first kappa shape index (κ1) is 33.4. The monoisotopic (exact) mass is 631 g/mol. The molecular formula is C32H39Cl2N3O4S. The molecule has 0 aromatic heterocycles. The SMILES string of the molecule is CCCCNC(=O)[C@H](Cc1ccccc1)N(Cc1c(Cl)cccc1Cl)C(=O)CCCN(c1ccccc1C)S(C)(=O)=O. The summed E-state index contributed by atoms with van der Waals surface area (Å²) in [5.74, 6) is -0.558. The van der Waals surface area contributed by atoms with E-state index < -0.39 is 16.1 Å². The zero-order valence-corrected chi connectivity index (χ0v) is 26.7. The fraction of sp³-hybridized carbons (Fsp3) is 0.375. The van der Waals surface area contributed by atoms with E-state index in [2.05, 4.69) is 5.32 Å². The van der Waals surface area contributed by atoms with Gasteiger partial charge in [-0.3, -0.25) is 13.9 Å². The second-order valence-electron chi connectivity index (χ2n) is 10.3. The summed E-state index contributed by atoms with van der Waals surface area (Å²) < 4.78 is 26.7. The average Bonchev–Trinajstić information content (AvgIpc) is 2.95. The van der Waals surface area contributed by atoms with Gasteiger partial charge in [0.1, 0.15) is 6.04 Å². The highest BCUT2D eigenvalue weighted by atomic mass is 35.5. The average molecular weight is 633 g/mol. The third-order valence-electron chi connectivity index (χ3n) is 7.03. The highest BCUT2D eigenvalue weighted by Crippen LogP contribution is 2.28. The number of amides is 2. The fourth-order valence-corrected chi connectivity index (χ4v) is 6.28. The van der Waals surface area contributed by atoms with Gasteiger partial charge in [-0.15, -0.1) is 0 Å². The summed E-state index contributed by atoms with van der Waals surface area (Å²) in [5.41, 5.74) is 2.84. The summed E-state index contributed by atoms with van der Waals surface area (Å²) in [6.07, 6.45) is 3.46. The number of halogens is 2. The molecular weight excluding hydrogens is 593 g/mol. The van der Waals surface area contributed by atoms with E-state index in [1.165, 1.54) is 9.21 Å². The van der Waals surface area contributed by atoms with Crippen molar-refractivity contribution in [2.75, 3.05) is 23.7 Å². The second-order valence-corrected chi connectivity index (χ2v) is 13.0. The molecule has 42 heavy (non-hydrogen) atoms. The number of carbonyl (C=O) groups excluding carboxylic acids is 2. The van der Waals surface area contributed by atoms with Gasteiger partial charge in [0.05, 0.1) is 11.9 Å². The summed E-state index contributed by atoms with van der Waals surface area (Å²) in [6.45, 7) is 4.53. The quantitative estimate of drug-likeness (QED) is 0.197. The Morgan fingerprint density at radius 2 is 1.55 bits per heavy atom. The van der Waals surface area contributed by atoms with E-state index in [1.54, 1.807) is 30.3 Å². The van der Waals surface area contributed by atoms with Crippen molar-refractivity contribution in [3.05, 3.63) is 99.5 Å². The van der Waals surface area contributed by atoms with Gasteiger partial charge >= 0.3 is 0 Å². The molecule has 1 N–H and O–H groups in total. The third-order valence-corrected chi connectivity index (χ3v) is 8.92. The number of para-hydroxylation sites is 1. The van der Waals surface area contributed by atoms with Crippen molar-refractivity contribution in [1.29, 1.82) is 0 Å². The largest absolute Gasteiger partial charge is 0.354 e. The van der Waals surface area contributed by atoms with Crippen LogP contribution in [0.5, 0.6) is 0 Å². The third kappa shape index (κ3) is 9.48. The number of rotatable bonds is 15. The first-order valence-electron chi connectivity index (χ1n) is 14.1. The predicted octanol–water partition coefficient (Wildman–Crippen LogP) is 6.40. The molecule has 0 aliphatic rings. The molecule has 226 valence electrons. The van der Waals surface area contributed by atoms with Crippen molar-refractivity contribution in [2.24, 2.45) is 0 Å². The molecule has 0 radical (unpaired) electrons. The maximum Gasteiger partial charge on any atom is 0.243 e. The van der Waals surface area contributed by atoms with Crippen LogP contribution in [0.3, 0.4) is 0 Å². The van der Waals surface area contributed by atoms with Crippen LogP contribution in [0.25, 0.3) is 0 Å². The number of sulfonamides is 1. The van der Waals surface area contributed by atoms with Gasteiger partial charge in [-0.2, -0.15) is 0 Å². The van der Waals surface area contributed by atoms with Gasteiger partial charge < -0.3 is 10.2 Å². The Hall–Kier alpha value is -3.07. The van der Waals surface area contributed by atoms with Gasteiger partial charge in [0.2, 0.25) is 21.8 Å². The summed E-state index contributed by atoms with van der Waals surface area (Å²) in [6, 6.07) is 21.0. The van der Waals surface area contributed by atoms with E-state index in [-0.39, 0.29) is 37.7 Å². The number of aryl methyl sites for hydroxylation is 1. The molecule has 1 atom stereocenters. The van der Waals surface area contributed by atoms with Crippen LogP contribution >= 0.6 is 23.2 Å². The maximum atomic E-state index is 14.0. The normalized spacial score (nSPS) is 12.0. The molecule has 3 aromatic rings. The Morgan fingerprint density at radius 3 is 2.17 bits per heavy atom. The smallest absolute Gasteiger partial charge is 0.243 e. The number of carbonyl (C=O) groups is 2. The van der Waals surface area contributed by atoms with Gasteiger partial charge in [-0.05, 0) is 49.1 Å². The predicted molar refractivity (Wildman–Crippen MR) is 171 cm³/mol. The molecule has 0 spiro atoms. The van der Waals surface area contributed by atoms with E-state index in [1.807, 2.05) is 56.3 Å². The van der Waals surface area contributed by atoms with E-state index in [4.69, 9.17) is 23.2 Å². The second kappa shape index (κ2) is 16.0. The molecule has 0 aliphatic heterocycles. The van der Waals surface area contributed by atoms with Crippen molar-refractivity contribution >= 4 is 50.7 Å². The Morgan fingerprint density at radius 1 is 0.905 bits per heavy atom. The Balaban J connectivity index is 1.92. The van der Waals surface area contributed by atoms with Crippen LogP contribution in [0.15, 0.2) is 72.8 Å². The molecule has 0 bridgehead atoms. The maximum absolute atomic E-state index is 14.0. The molecule has 7 nitrogen and oxygen atoms in total. The van der Waals surface area contributed by atoms with Crippen LogP contribution in [0.1, 0.15) is 49.3 Å². The molecule has 0 unspecified atom stereocenters. The molecule has 3 rings (SSSR count). The molecule has 0 saturated carbocycles. The lowest BCUT2D eigenvalue weighted by Gasteiger charge is -2.32. The molecule has 0 saturated heterocycles. The van der Waals surface area contributed by atoms with Crippen LogP contribution in [0.4, 0.5) is 5.69 Å². The number of benzene rings is 3. The minimum absolute atomic E-state index is 0.0213. The Kier molecular flexibility index (Phi) is 12.7. The van der Waals surface area contributed by atoms with Crippen molar-refractivity contribution in [2.45, 2.75) is 58.5 Å². The van der Waals surface area contributed by atoms with Gasteiger partial charge in [0.25, 0.3) is 0 Å². The lowest BCUT2D eigenvalue weighted by Crippen LogP contribution is -2.50. The number of nitrogens with one attached hydrogen (secondary N) is 1. The summed E-state index contributed by atoms with van der Waals surface area (Å²) in [5, 5.41) is 3.78. The van der Waals surface area contributed by atoms with Crippen LogP contribution in [-0.4, -0.2) is 50.5 Å². The van der Waals surface area contributed by atoms with Crippen LogP contribution in [0.2, 0.25) is 10.0 Å². The Bertz CT molecular complexity index is 1430. The van der Waals surface area contributed by atoms with E-state index in [0.29, 0.717) is 34.3 Å². The first-order chi connectivity index (χ1) is 20.0. The van der Waals surface area contributed by atoms with Gasteiger partial charge in [0, 0.05) is 48.1 Å². The number of anilines is 1. The number of hydrogen-bond acceptors (Lipinski definition) is 4. The topological polar surface area (TPSA) is 86.8 Å². The zero-order chi connectivity index (χ0) is 30.7. The number of hydrogen-bond donors (Lipinski definition) is 1. The molecule has 0 fully saturated rings. The summed E-state index contributed by atoms with van der Waals surface area (Å²) in [4.78, 5) is 29.1. The number of nitrogens with zero attached hydrogens (tertiary/aromatic N) is 2. The van der Waals surface area contributed by atoms with Gasteiger partial charge in [0.15, 0.2) is 0 Å². The van der Waals surface area contributed by atoms with Crippen LogP contribution < -0.4 is 9.62 Å². The van der Waals surface area contributed by atoms with E-state index in [0.717, 1.165) is 30.2 Å². The standard InChI is InChI=1S/C32H39Cl2N3O4S/c1-4-5-20-35-32(39)30(22-25-14-7-6-8-15-25)36(23-26-27(33)16-11-17-28(26)34)31(38)19-12-21-37(42(3,40)41)29-18-10-9-13-24(29)2/h6-11,13-18,30H,4-5,12,19-23H2,1-3H3,(H,35,39)/t30-/m0/s1. The lowest BCUT2D eigenvalue weighted by atomic mass is 10.0. The van der Waals surface area contributed by atoms with Gasteiger partial charge in [-0.1, -0.05) is 91.1 Å². The lowest BCUT2D eigenvalue weighted by molar-refractivity contribution is -0.141. The molecule has 3 aromatic carbocycles. The molecule has 0 heterocycles. The van der Waals surface area contributed by atoms with Crippen molar-refractivity contribution in [3.63, 3.8) is 0 Å². The zero-order valence-electron chi connectivity index (χ0n) is 24.4. The first-order valence-corrected chi connectivity index (χ1v) is 16.7. The number of unbranched alkanes of at least 4 members (excludes halogenated alkanes) is 1. The van der Waals surface area contributed by atoms with Crippen molar-refractivity contribution in [1.82, 2.24) is 10.2 Å². The van der Waals surface area contributed by atoms with Crippen LogP contribution in [-0.2, 0) is 32.6 Å². The van der Waals surface area contributed by atoms with Crippen molar-refractivity contribution in [3.8, 4) is 0 Å². The summed E-state index contributed by atoms with van der Waals surface area (Å²) in [7, 11) is -3.59. The Labute approximate surface area is 259 Å². The molecule has 0 aliphatic carbocycles.